The molecule has 2 saturated heterocycles. The van der Waals surface area contributed by atoms with Crippen LogP contribution in [0.4, 0.5) is 0 Å². The van der Waals surface area contributed by atoms with Crippen molar-refractivity contribution in [3.8, 4) is 0 Å². The fraction of sp³-hybridized carbons (Fsp3) is 0.857. The summed E-state index contributed by atoms with van der Waals surface area (Å²) in [6, 6.07) is 0.147. The number of nitrogens with zero attached hydrogens (tertiary/aromatic N) is 2. The quantitative estimate of drug-likeness (QED) is 0.650. The molecule has 82 valence electrons. The highest BCUT2D eigenvalue weighted by atomic mass is 79.9. The first-order valence-corrected chi connectivity index (χ1v) is 6.80. The summed E-state index contributed by atoms with van der Waals surface area (Å²) in [6.07, 6.45) is 0. The van der Waals surface area contributed by atoms with Crippen molar-refractivity contribution in [3.63, 3.8) is 0 Å². The minimum absolute atomic E-state index is 0. The molecule has 0 bridgehead atoms. The van der Waals surface area contributed by atoms with Crippen molar-refractivity contribution in [1.82, 2.24) is 4.90 Å². The molecular weight excluding hydrogens is 288 g/mol. The second kappa shape index (κ2) is 4.02. The Morgan fingerprint density at radius 1 is 1.50 bits per heavy atom. The van der Waals surface area contributed by atoms with E-state index < -0.39 is 9.84 Å². The highest BCUT2D eigenvalue weighted by Gasteiger charge is 2.46. The van der Waals surface area contributed by atoms with Gasteiger partial charge < -0.3 is 4.90 Å². The molecule has 0 aromatic heterocycles. The summed E-state index contributed by atoms with van der Waals surface area (Å²) >= 11 is 1.59. The van der Waals surface area contributed by atoms with Gasteiger partial charge >= 0.3 is 0 Å². The molecule has 2 fully saturated rings. The molecule has 2 rings (SSSR count). The van der Waals surface area contributed by atoms with Gasteiger partial charge in [-0.25, -0.2) is 8.42 Å². The maximum Gasteiger partial charge on any atom is 0.159 e. The van der Waals surface area contributed by atoms with E-state index in [1.807, 2.05) is 11.9 Å². The van der Waals surface area contributed by atoms with E-state index in [0.717, 1.165) is 5.17 Å². The van der Waals surface area contributed by atoms with E-state index in [2.05, 4.69) is 4.99 Å². The average Bonchev–Trinajstić information content (AvgIpc) is 2.47. The number of halogens is 1. The van der Waals surface area contributed by atoms with E-state index in [9.17, 15) is 8.42 Å². The average molecular weight is 301 g/mol. The first kappa shape index (κ1) is 12.3. The summed E-state index contributed by atoms with van der Waals surface area (Å²) in [5.41, 5.74) is 0. The van der Waals surface area contributed by atoms with Crippen LogP contribution in [0.25, 0.3) is 0 Å². The maximum absolute atomic E-state index is 11.3. The van der Waals surface area contributed by atoms with Gasteiger partial charge in [-0.3, -0.25) is 4.99 Å². The number of rotatable bonds is 0. The Hall–Kier alpha value is 0.250. The molecule has 0 aromatic rings. The number of hydrogen-bond donors (Lipinski definition) is 0. The van der Waals surface area contributed by atoms with Crippen molar-refractivity contribution in [3.05, 3.63) is 0 Å². The van der Waals surface area contributed by atoms with Crippen LogP contribution in [0.1, 0.15) is 0 Å². The predicted octanol–water partition coefficient (Wildman–Crippen LogP) is 0.394. The van der Waals surface area contributed by atoms with Gasteiger partial charge in [-0.1, -0.05) is 11.8 Å². The summed E-state index contributed by atoms with van der Waals surface area (Å²) in [5.74, 6) is 0.603. The SMILES string of the molecule is Br.CN=C1S[C@@H]2CS(=O)(=O)C[C@@H]2N1C. The van der Waals surface area contributed by atoms with Gasteiger partial charge in [0.2, 0.25) is 0 Å². The molecule has 2 aliphatic rings. The van der Waals surface area contributed by atoms with Gasteiger partial charge in [-0.05, 0) is 0 Å². The van der Waals surface area contributed by atoms with Crippen LogP contribution in [0.3, 0.4) is 0 Å². The molecule has 0 spiro atoms. The summed E-state index contributed by atoms with van der Waals surface area (Å²) in [4.78, 5) is 6.10. The monoisotopic (exact) mass is 300 g/mol. The molecular formula is C7H13BrN2O2S2. The third-order valence-corrected chi connectivity index (χ3v) is 5.91. The predicted molar refractivity (Wildman–Crippen MR) is 65.3 cm³/mol. The minimum Gasteiger partial charge on any atom is -0.349 e. The normalized spacial score (nSPS) is 37.0. The Balaban J connectivity index is 0.000000980. The van der Waals surface area contributed by atoms with Crippen molar-refractivity contribution < 1.29 is 8.42 Å². The Kier molecular flexibility index (Phi) is 3.53. The molecule has 0 aromatic carbocycles. The molecule has 0 N–H and O–H groups in total. The molecule has 14 heavy (non-hydrogen) atoms. The number of amidine groups is 1. The zero-order valence-electron chi connectivity index (χ0n) is 8.00. The number of sulfone groups is 1. The molecule has 0 saturated carbocycles. The minimum atomic E-state index is -2.79. The second-order valence-corrected chi connectivity index (χ2v) is 6.78. The molecule has 4 nitrogen and oxygen atoms in total. The largest absolute Gasteiger partial charge is 0.349 e. The van der Waals surface area contributed by atoms with Crippen molar-refractivity contribution >= 4 is 43.7 Å². The van der Waals surface area contributed by atoms with Gasteiger partial charge in [-0.15, -0.1) is 17.0 Å². The maximum atomic E-state index is 11.3. The highest BCUT2D eigenvalue weighted by molar-refractivity contribution is 8.93. The number of hydrogen-bond acceptors (Lipinski definition) is 4. The van der Waals surface area contributed by atoms with Crippen LogP contribution in [-0.4, -0.2) is 55.4 Å². The fourth-order valence-electron chi connectivity index (χ4n) is 1.84. The van der Waals surface area contributed by atoms with Crippen molar-refractivity contribution in [2.75, 3.05) is 25.6 Å². The lowest BCUT2D eigenvalue weighted by molar-refractivity contribution is 0.423. The van der Waals surface area contributed by atoms with Crippen LogP contribution in [0.15, 0.2) is 4.99 Å². The van der Waals surface area contributed by atoms with Crippen LogP contribution in [0.5, 0.6) is 0 Å². The van der Waals surface area contributed by atoms with E-state index >= 15 is 0 Å². The van der Waals surface area contributed by atoms with Crippen LogP contribution in [0.2, 0.25) is 0 Å². The van der Waals surface area contributed by atoms with Gasteiger partial charge in [0.25, 0.3) is 0 Å². The molecule has 0 radical (unpaired) electrons. The van der Waals surface area contributed by atoms with E-state index in [4.69, 9.17) is 0 Å². The summed E-state index contributed by atoms with van der Waals surface area (Å²) < 4.78 is 22.6. The molecule has 2 heterocycles. The van der Waals surface area contributed by atoms with E-state index in [1.54, 1.807) is 18.8 Å². The summed E-state index contributed by atoms with van der Waals surface area (Å²) in [7, 11) is 0.874. The molecule has 2 aliphatic heterocycles. The second-order valence-electron chi connectivity index (χ2n) is 3.42. The first-order chi connectivity index (χ1) is 6.03. The molecule has 0 unspecified atom stereocenters. The lowest BCUT2D eigenvalue weighted by atomic mass is 10.2. The Morgan fingerprint density at radius 3 is 2.64 bits per heavy atom. The standard InChI is InChI=1S/C7H12N2O2S2.BrH/c1-8-7-9(2)5-3-13(10,11)4-6(5)12-7;/h5-6H,3-4H2,1-2H3;1H/t5-,6+;/m0./s1. The third kappa shape index (κ3) is 1.94. The lowest BCUT2D eigenvalue weighted by Crippen LogP contribution is -2.33. The topological polar surface area (TPSA) is 49.7 Å². The lowest BCUT2D eigenvalue weighted by Gasteiger charge is -2.17. The van der Waals surface area contributed by atoms with Crippen LogP contribution in [-0.2, 0) is 9.84 Å². The van der Waals surface area contributed by atoms with E-state index in [0.29, 0.717) is 11.5 Å². The van der Waals surface area contributed by atoms with Gasteiger partial charge in [-0.2, -0.15) is 0 Å². The van der Waals surface area contributed by atoms with Crippen molar-refractivity contribution in [2.24, 2.45) is 4.99 Å². The van der Waals surface area contributed by atoms with Crippen LogP contribution >= 0.6 is 28.7 Å². The summed E-state index contributed by atoms with van der Waals surface area (Å²) in [5, 5.41) is 1.17. The molecule has 0 aliphatic carbocycles. The van der Waals surface area contributed by atoms with Gasteiger partial charge in [0.15, 0.2) is 15.0 Å². The van der Waals surface area contributed by atoms with Gasteiger partial charge in [0.05, 0.1) is 17.5 Å². The zero-order chi connectivity index (χ0) is 9.64. The summed E-state index contributed by atoms with van der Waals surface area (Å²) in [6.45, 7) is 0. The van der Waals surface area contributed by atoms with E-state index in [-0.39, 0.29) is 28.3 Å². The van der Waals surface area contributed by atoms with Gasteiger partial charge in [0.1, 0.15) is 0 Å². The highest BCUT2D eigenvalue weighted by Crippen LogP contribution is 2.36. The number of thioether (sulfide) groups is 1. The fourth-order valence-corrected chi connectivity index (χ4v) is 5.81. The molecule has 2 atom stereocenters. The van der Waals surface area contributed by atoms with Gasteiger partial charge in [0, 0.05) is 19.3 Å². The Bertz CT molecular complexity index is 355. The third-order valence-electron chi connectivity index (χ3n) is 2.52. The Morgan fingerprint density at radius 2 is 2.14 bits per heavy atom. The van der Waals surface area contributed by atoms with Crippen LogP contribution < -0.4 is 0 Å². The smallest absolute Gasteiger partial charge is 0.159 e. The zero-order valence-corrected chi connectivity index (χ0v) is 11.4. The Labute approximate surface area is 98.8 Å². The number of fused-ring (bicyclic) bond motifs is 1. The van der Waals surface area contributed by atoms with E-state index in [1.165, 1.54) is 0 Å². The van der Waals surface area contributed by atoms with Crippen LogP contribution in [0, 0.1) is 0 Å². The molecule has 0 amide bonds. The first-order valence-electron chi connectivity index (χ1n) is 4.10. The number of aliphatic imine (C=N–C) groups is 1. The van der Waals surface area contributed by atoms with Crippen molar-refractivity contribution in [1.29, 1.82) is 0 Å². The van der Waals surface area contributed by atoms with Crippen molar-refractivity contribution in [2.45, 2.75) is 11.3 Å². The molecule has 7 heteroatoms.